The third-order valence-electron chi connectivity index (χ3n) is 2.97. The molecule has 1 atom stereocenters. The van der Waals surface area contributed by atoms with Gasteiger partial charge in [0, 0.05) is 30.0 Å². The molecule has 0 bridgehead atoms. The summed E-state index contributed by atoms with van der Waals surface area (Å²) in [4.78, 5) is 15.9. The highest BCUT2D eigenvalue weighted by Gasteiger charge is 2.13. The van der Waals surface area contributed by atoms with Gasteiger partial charge in [0.15, 0.2) is 0 Å². The number of hydrogen-bond donors (Lipinski definition) is 1. The Hall–Kier alpha value is -1.74. The van der Waals surface area contributed by atoms with E-state index >= 15 is 0 Å². The molecule has 0 aliphatic carbocycles. The number of benzene rings is 1. The molecule has 0 saturated heterocycles. The van der Waals surface area contributed by atoms with E-state index in [-0.39, 0.29) is 11.7 Å². The summed E-state index contributed by atoms with van der Waals surface area (Å²) in [5.74, 6) is 0.00567. The molecule has 3 heteroatoms. The molecule has 0 saturated carbocycles. The highest BCUT2D eigenvalue weighted by Crippen LogP contribution is 2.14. The maximum Gasteiger partial charge on any atom is 0.134 e. The van der Waals surface area contributed by atoms with Gasteiger partial charge in [-0.1, -0.05) is 24.3 Å². The molecule has 1 aromatic heterocycles. The van der Waals surface area contributed by atoms with Gasteiger partial charge in [-0.15, -0.1) is 0 Å². The molecule has 3 nitrogen and oxygen atoms in total. The molecule has 0 aliphatic heterocycles. The zero-order valence-corrected chi connectivity index (χ0v) is 9.89. The molecule has 2 aromatic rings. The van der Waals surface area contributed by atoms with Crippen LogP contribution in [0.25, 0.3) is 10.9 Å². The van der Waals surface area contributed by atoms with Crippen molar-refractivity contribution in [1.29, 1.82) is 0 Å². The zero-order valence-electron chi connectivity index (χ0n) is 9.89. The van der Waals surface area contributed by atoms with Gasteiger partial charge in [-0.05, 0) is 19.1 Å². The Morgan fingerprint density at radius 3 is 2.76 bits per heavy atom. The van der Waals surface area contributed by atoms with E-state index in [9.17, 15) is 4.79 Å². The van der Waals surface area contributed by atoms with Crippen molar-refractivity contribution in [1.82, 2.24) is 4.98 Å². The molecule has 0 fully saturated rings. The standard InChI is InChI=1S/C14H16N2O/c1-10(17)12(9-15)8-13-7-6-11-4-2-3-5-14(11)16-13/h2-7,12H,8-9,15H2,1H3/t12-/m0/s1. The van der Waals surface area contributed by atoms with Gasteiger partial charge in [-0.25, -0.2) is 0 Å². The number of aromatic nitrogens is 1. The van der Waals surface area contributed by atoms with E-state index in [1.807, 2.05) is 36.4 Å². The van der Waals surface area contributed by atoms with Crippen molar-refractivity contribution >= 4 is 16.7 Å². The third kappa shape index (κ3) is 2.68. The molecular weight excluding hydrogens is 212 g/mol. The number of Topliss-reactive ketones (excluding diaryl/α,β-unsaturated/α-hetero) is 1. The van der Waals surface area contributed by atoms with Gasteiger partial charge in [0.25, 0.3) is 0 Å². The first kappa shape index (κ1) is 11.7. The van der Waals surface area contributed by atoms with E-state index in [1.54, 1.807) is 6.92 Å². The zero-order chi connectivity index (χ0) is 12.3. The average molecular weight is 228 g/mol. The quantitative estimate of drug-likeness (QED) is 0.870. The predicted molar refractivity (Wildman–Crippen MR) is 68.7 cm³/mol. The molecule has 88 valence electrons. The number of nitrogens with two attached hydrogens (primary N) is 1. The van der Waals surface area contributed by atoms with Crippen molar-refractivity contribution in [2.24, 2.45) is 11.7 Å². The topological polar surface area (TPSA) is 56.0 Å². The van der Waals surface area contributed by atoms with Crippen LogP contribution < -0.4 is 5.73 Å². The van der Waals surface area contributed by atoms with Crippen LogP contribution in [0.2, 0.25) is 0 Å². The molecule has 2 N–H and O–H groups in total. The van der Waals surface area contributed by atoms with Crippen molar-refractivity contribution in [3.63, 3.8) is 0 Å². The summed E-state index contributed by atoms with van der Waals surface area (Å²) >= 11 is 0. The molecular formula is C14H16N2O. The van der Waals surface area contributed by atoms with Crippen molar-refractivity contribution in [3.05, 3.63) is 42.1 Å². The molecule has 2 rings (SSSR count). The molecule has 0 spiro atoms. The number of ketones is 1. The second-order valence-electron chi connectivity index (χ2n) is 4.24. The minimum Gasteiger partial charge on any atom is -0.330 e. The first-order valence-electron chi connectivity index (χ1n) is 5.76. The average Bonchev–Trinajstić information content (AvgIpc) is 2.35. The van der Waals surface area contributed by atoms with Crippen LogP contribution in [0.3, 0.4) is 0 Å². The monoisotopic (exact) mass is 228 g/mol. The summed E-state index contributed by atoms with van der Waals surface area (Å²) in [7, 11) is 0. The van der Waals surface area contributed by atoms with Gasteiger partial charge in [0.1, 0.15) is 5.78 Å². The second-order valence-corrected chi connectivity index (χ2v) is 4.24. The lowest BCUT2D eigenvalue weighted by molar-refractivity contribution is -0.120. The summed E-state index contributed by atoms with van der Waals surface area (Å²) in [6.07, 6.45) is 0.622. The Morgan fingerprint density at radius 2 is 2.06 bits per heavy atom. The number of hydrogen-bond acceptors (Lipinski definition) is 3. The van der Waals surface area contributed by atoms with E-state index in [0.717, 1.165) is 16.6 Å². The Bertz CT molecular complexity index is 536. The van der Waals surface area contributed by atoms with Crippen LogP contribution >= 0.6 is 0 Å². The fraction of sp³-hybridized carbons (Fsp3) is 0.286. The number of nitrogens with zero attached hydrogens (tertiary/aromatic N) is 1. The van der Waals surface area contributed by atoms with Gasteiger partial charge in [0.2, 0.25) is 0 Å². The van der Waals surface area contributed by atoms with Crippen LogP contribution in [0.4, 0.5) is 0 Å². The highest BCUT2D eigenvalue weighted by molar-refractivity contribution is 5.80. The minimum absolute atomic E-state index is 0.122. The number of rotatable bonds is 4. The third-order valence-corrected chi connectivity index (χ3v) is 2.97. The number of para-hydroxylation sites is 1. The molecule has 0 radical (unpaired) electrons. The second kappa shape index (κ2) is 5.06. The van der Waals surface area contributed by atoms with Gasteiger partial charge < -0.3 is 5.73 Å². The van der Waals surface area contributed by atoms with Crippen LogP contribution in [0.15, 0.2) is 36.4 Å². The summed E-state index contributed by atoms with van der Waals surface area (Å²) in [6.45, 7) is 1.96. The lowest BCUT2D eigenvalue weighted by Gasteiger charge is -2.10. The number of carbonyl (C=O) groups is 1. The molecule has 0 aliphatic rings. The first-order chi connectivity index (χ1) is 8.20. The van der Waals surface area contributed by atoms with E-state index in [4.69, 9.17) is 5.73 Å². The summed E-state index contributed by atoms with van der Waals surface area (Å²) in [6, 6.07) is 12.0. The molecule has 1 aromatic carbocycles. The van der Waals surface area contributed by atoms with Crippen molar-refractivity contribution in [2.45, 2.75) is 13.3 Å². The SMILES string of the molecule is CC(=O)[C@H](CN)Cc1ccc2ccccc2n1. The van der Waals surface area contributed by atoms with Gasteiger partial charge in [-0.2, -0.15) is 0 Å². The Balaban J connectivity index is 2.27. The van der Waals surface area contributed by atoms with Crippen LogP contribution in [0, 0.1) is 5.92 Å². The van der Waals surface area contributed by atoms with E-state index < -0.39 is 0 Å². The highest BCUT2D eigenvalue weighted by atomic mass is 16.1. The fourth-order valence-electron chi connectivity index (χ4n) is 1.87. The number of fused-ring (bicyclic) bond motifs is 1. The maximum absolute atomic E-state index is 11.3. The van der Waals surface area contributed by atoms with Crippen LogP contribution in [-0.2, 0) is 11.2 Å². The van der Waals surface area contributed by atoms with E-state index in [2.05, 4.69) is 4.98 Å². The predicted octanol–water partition coefficient (Wildman–Crippen LogP) is 1.94. The number of carbonyl (C=O) groups excluding carboxylic acids is 1. The molecule has 0 amide bonds. The van der Waals surface area contributed by atoms with Crippen LogP contribution in [-0.4, -0.2) is 17.3 Å². The number of pyridine rings is 1. The van der Waals surface area contributed by atoms with Crippen molar-refractivity contribution in [2.75, 3.05) is 6.54 Å². The van der Waals surface area contributed by atoms with Crippen LogP contribution in [0.1, 0.15) is 12.6 Å². The maximum atomic E-state index is 11.3. The lowest BCUT2D eigenvalue weighted by Crippen LogP contribution is -2.24. The van der Waals surface area contributed by atoms with Gasteiger partial charge in [0.05, 0.1) is 5.52 Å². The summed E-state index contributed by atoms with van der Waals surface area (Å²) in [5, 5.41) is 1.11. The fourth-order valence-corrected chi connectivity index (χ4v) is 1.87. The van der Waals surface area contributed by atoms with Crippen molar-refractivity contribution in [3.8, 4) is 0 Å². The normalized spacial score (nSPS) is 12.6. The smallest absolute Gasteiger partial charge is 0.134 e. The van der Waals surface area contributed by atoms with Crippen LogP contribution in [0.5, 0.6) is 0 Å². The Morgan fingerprint density at radius 1 is 1.29 bits per heavy atom. The van der Waals surface area contributed by atoms with Gasteiger partial charge in [-0.3, -0.25) is 9.78 Å². The first-order valence-corrected chi connectivity index (χ1v) is 5.76. The van der Waals surface area contributed by atoms with Gasteiger partial charge >= 0.3 is 0 Å². The molecule has 0 unspecified atom stereocenters. The largest absolute Gasteiger partial charge is 0.330 e. The Labute approximate surface area is 101 Å². The summed E-state index contributed by atoms with van der Waals surface area (Å²) < 4.78 is 0. The summed E-state index contributed by atoms with van der Waals surface area (Å²) in [5.41, 5.74) is 7.47. The Kier molecular flexibility index (Phi) is 3.49. The van der Waals surface area contributed by atoms with E-state index in [1.165, 1.54) is 0 Å². The molecule has 17 heavy (non-hydrogen) atoms. The minimum atomic E-state index is -0.122. The lowest BCUT2D eigenvalue weighted by atomic mass is 9.99. The molecule has 1 heterocycles. The van der Waals surface area contributed by atoms with E-state index in [0.29, 0.717) is 13.0 Å². The van der Waals surface area contributed by atoms with Crippen molar-refractivity contribution < 1.29 is 4.79 Å².